The first kappa shape index (κ1) is 29.2. The Morgan fingerprint density at radius 3 is 2.35 bits per heavy atom. The molecular formula is C33H37ClN2O4. The van der Waals surface area contributed by atoms with Crippen LogP contribution in [-0.2, 0) is 23.7 Å². The molecule has 2 atom stereocenters. The lowest BCUT2D eigenvalue weighted by Crippen LogP contribution is -2.26. The topological polar surface area (TPSA) is 80.6 Å². The molecule has 0 spiro atoms. The number of benzene rings is 3. The number of carbonyl (C=O) groups excluding carboxylic acids is 1. The number of nitrogens with zero attached hydrogens (tertiary/aromatic N) is 1. The van der Waals surface area contributed by atoms with Gasteiger partial charge in [0.1, 0.15) is 5.75 Å². The first-order valence-electron chi connectivity index (χ1n) is 13.4. The number of aryl methyl sites for hydroxylation is 1. The number of aliphatic carboxylic acids is 1. The molecule has 2 N–H and O–H groups in total. The Hall–Kier alpha value is -3.77. The third-order valence-corrected chi connectivity index (χ3v) is 8.00. The van der Waals surface area contributed by atoms with E-state index in [4.69, 9.17) is 16.3 Å². The van der Waals surface area contributed by atoms with Crippen molar-refractivity contribution in [1.29, 1.82) is 0 Å². The van der Waals surface area contributed by atoms with Crippen molar-refractivity contribution in [2.75, 3.05) is 0 Å². The Morgan fingerprint density at radius 2 is 1.73 bits per heavy atom. The minimum Gasteiger partial charge on any atom is -0.479 e. The summed E-state index contributed by atoms with van der Waals surface area (Å²) < 4.78 is 7.63. The van der Waals surface area contributed by atoms with Gasteiger partial charge >= 0.3 is 5.97 Å². The highest BCUT2D eigenvalue weighted by Crippen LogP contribution is 2.34. The number of nitrogens with one attached hydrogen (secondary N) is 1. The summed E-state index contributed by atoms with van der Waals surface area (Å²) in [6.45, 7) is 12.1. The lowest BCUT2D eigenvalue weighted by Gasteiger charge is -2.20. The SMILES string of the molecule is Cc1c(Cc2cccc(O[C@@H](C)C(=O)O)c2Cl)c2ccc(C(=O)N[C@@H](C)c3ccc(C(C)(C)C)cc3)cc2n1C. The molecule has 0 fully saturated rings. The normalized spacial score (nSPS) is 13.2. The van der Waals surface area contributed by atoms with Crippen molar-refractivity contribution in [3.8, 4) is 5.75 Å². The van der Waals surface area contributed by atoms with E-state index in [2.05, 4.69) is 54.9 Å². The molecule has 7 heteroatoms. The zero-order chi connectivity index (χ0) is 29.4. The molecule has 0 unspecified atom stereocenters. The van der Waals surface area contributed by atoms with E-state index in [0.717, 1.165) is 33.3 Å². The van der Waals surface area contributed by atoms with Crippen LogP contribution in [0.4, 0.5) is 0 Å². The number of ether oxygens (including phenoxy) is 1. The Bertz CT molecular complexity index is 1560. The second-order valence-electron chi connectivity index (χ2n) is 11.4. The molecule has 3 aromatic carbocycles. The monoisotopic (exact) mass is 560 g/mol. The van der Waals surface area contributed by atoms with E-state index in [1.54, 1.807) is 6.07 Å². The molecule has 1 aromatic heterocycles. The van der Waals surface area contributed by atoms with Crippen molar-refractivity contribution in [3.63, 3.8) is 0 Å². The fourth-order valence-corrected chi connectivity index (χ4v) is 5.09. The van der Waals surface area contributed by atoms with Crippen molar-refractivity contribution in [3.05, 3.63) is 99.2 Å². The average molecular weight is 561 g/mol. The van der Waals surface area contributed by atoms with E-state index < -0.39 is 12.1 Å². The van der Waals surface area contributed by atoms with Gasteiger partial charge in [0.05, 0.1) is 11.1 Å². The Kier molecular flexibility index (Phi) is 8.31. The number of rotatable bonds is 8. The highest BCUT2D eigenvalue weighted by atomic mass is 35.5. The van der Waals surface area contributed by atoms with E-state index >= 15 is 0 Å². The van der Waals surface area contributed by atoms with Gasteiger partial charge in [-0.2, -0.15) is 0 Å². The van der Waals surface area contributed by atoms with Gasteiger partial charge in [-0.15, -0.1) is 0 Å². The summed E-state index contributed by atoms with van der Waals surface area (Å²) in [4.78, 5) is 24.5. The van der Waals surface area contributed by atoms with Crippen LogP contribution in [-0.4, -0.2) is 27.7 Å². The summed E-state index contributed by atoms with van der Waals surface area (Å²) in [5, 5.41) is 13.8. The van der Waals surface area contributed by atoms with Crippen LogP contribution in [0.25, 0.3) is 10.9 Å². The molecule has 0 radical (unpaired) electrons. The second-order valence-corrected chi connectivity index (χ2v) is 11.8. The maximum absolute atomic E-state index is 13.2. The Morgan fingerprint density at radius 1 is 1.05 bits per heavy atom. The van der Waals surface area contributed by atoms with Crippen molar-refractivity contribution in [2.24, 2.45) is 7.05 Å². The van der Waals surface area contributed by atoms with Crippen molar-refractivity contribution in [1.82, 2.24) is 9.88 Å². The molecule has 4 rings (SSSR count). The predicted octanol–water partition coefficient (Wildman–Crippen LogP) is 7.37. The van der Waals surface area contributed by atoms with E-state index in [0.29, 0.717) is 22.8 Å². The van der Waals surface area contributed by atoms with Crippen LogP contribution in [0.2, 0.25) is 5.02 Å². The number of halogens is 1. The number of fused-ring (bicyclic) bond motifs is 1. The summed E-state index contributed by atoms with van der Waals surface area (Å²) in [5.41, 5.74) is 6.90. The highest BCUT2D eigenvalue weighted by molar-refractivity contribution is 6.32. The van der Waals surface area contributed by atoms with Crippen LogP contribution >= 0.6 is 11.6 Å². The first-order valence-corrected chi connectivity index (χ1v) is 13.8. The molecule has 0 aliphatic carbocycles. The lowest BCUT2D eigenvalue weighted by atomic mass is 9.86. The van der Waals surface area contributed by atoms with Gasteiger partial charge < -0.3 is 19.7 Å². The van der Waals surface area contributed by atoms with Crippen LogP contribution in [0.3, 0.4) is 0 Å². The molecule has 0 saturated carbocycles. The highest BCUT2D eigenvalue weighted by Gasteiger charge is 2.20. The third kappa shape index (κ3) is 6.02. The summed E-state index contributed by atoms with van der Waals surface area (Å²) >= 11 is 6.64. The molecule has 0 aliphatic rings. The van der Waals surface area contributed by atoms with Gasteiger partial charge in [0.2, 0.25) is 0 Å². The van der Waals surface area contributed by atoms with Gasteiger partial charge in [-0.05, 0) is 66.6 Å². The first-order chi connectivity index (χ1) is 18.8. The molecule has 210 valence electrons. The van der Waals surface area contributed by atoms with Crippen LogP contribution in [0.5, 0.6) is 5.75 Å². The van der Waals surface area contributed by atoms with Gasteiger partial charge in [0.25, 0.3) is 5.91 Å². The number of carboxylic acids is 1. The smallest absolute Gasteiger partial charge is 0.344 e. The van der Waals surface area contributed by atoms with Crippen LogP contribution in [0, 0.1) is 6.92 Å². The largest absolute Gasteiger partial charge is 0.479 e. The van der Waals surface area contributed by atoms with Gasteiger partial charge in [-0.3, -0.25) is 4.79 Å². The maximum Gasteiger partial charge on any atom is 0.344 e. The van der Waals surface area contributed by atoms with Crippen molar-refractivity contribution < 1.29 is 19.4 Å². The second kappa shape index (κ2) is 11.4. The van der Waals surface area contributed by atoms with E-state index in [-0.39, 0.29) is 17.4 Å². The van der Waals surface area contributed by atoms with Gasteiger partial charge in [0, 0.05) is 35.6 Å². The molecule has 6 nitrogen and oxygen atoms in total. The van der Waals surface area contributed by atoms with Crippen LogP contribution < -0.4 is 10.1 Å². The summed E-state index contributed by atoms with van der Waals surface area (Å²) in [6.07, 6.45) is -0.476. The summed E-state index contributed by atoms with van der Waals surface area (Å²) in [5.74, 6) is -0.845. The summed E-state index contributed by atoms with van der Waals surface area (Å²) in [6, 6.07) is 19.4. The Balaban J connectivity index is 1.57. The number of aromatic nitrogens is 1. The van der Waals surface area contributed by atoms with Crippen molar-refractivity contribution >= 4 is 34.4 Å². The van der Waals surface area contributed by atoms with E-state index in [1.807, 2.05) is 51.2 Å². The fraction of sp³-hybridized carbons (Fsp3) is 0.333. The van der Waals surface area contributed by atoms with Crippen LogP contribution in [0.1, 0.15) is 79.0 Å². The number of amides is 1. The fourth-order valence-electron chi connectivity index (χ4n) is 4.86. The minimum absolute atomic E-state index is 0.0767. The molecule has 0 saturated heterocycles. The quantitative estimate of drug-likeness (QED) is 0.236. The molecule has 40 heavy (non-hydrogen) atoms. The average Bonchev–Trinajstić information content (AvgIpc) is 3.14. The van der Waals surface area contributed by atoms with Gasteiger partial charge in [-0.1, -0.05) is 74.8 Å². The van der Waals surface area contributed by atoms with Crippen molar-refractivity contribution in [2.45, 2.75) is 65.5 Å². The minimum atomic E-state index is -1.06. The number of carboxylic acid groups (broad SMARTS) is 1. The molecule has 0 aliphatic heterocycles. The number of hydrogen-bond donors (Lipinski definition) is 2. The van der Waals surface area contributed by atoms with E-state index in [1.165, 1.54) is 12.5 Å². The van der Waals surface area contributed by atoms with Gasteiger partial charge in [-0.25, -0.2) is 4.79 Å². The molecular weight excluding hydrogens is 524 g/mol. The number of carbonyl (C=O) groups is 2. The maximum atomic E-state index is 13.2. The molecule has 1 amide bonds. The molecule has 4 aromatic rings. The lowest BCUT2D eigenvalue weighted by molar-refractivity contribution is -0.144. The standard InChI is InChI=1S/C33H37ClN2O4/c1-19(22-11-14-25(15-12-22)33(4,5)6)35-31(37)24-13-16-26-27(20(2)36(7)28(26)18-24)17-23-9-8-10-29(30(23)34)40-21(3)32(38)39/h8-16,18-19,21H,17H2,1-7H3,(H,35,37)(H,38,39)/t19-,21-/m0/s1. The zero-order valence-electron chi connectivity index (χ0n) is 24.1. The number of hydrogen-bond acceptors (Lipinski definition) is 3. The summed E-state index contributed by atoms with van der Waals surface area (Å²) in [7, 11) is 1.98. The van der Waals surface area contributed by atoms with E-state index in [9.17, 15) is 14.7 Å². The zero-order valence-corrected chi connectivity index (χ0v) is 24.9. The third-order valence-electron chi connectivity index (χ3n) is 7.57. The molecule has 1 heterocycles. The molecule has 0 bridgehead atoms. The Labute approximate surface area is 240 Å². The van der Waals surface area contributed by atoms with Gasteiger partial charge in [0.15, 0.2) is 6.10 Å². The van der Waals surface area contributed by atoms with Crippen LogP contribution in [0.15, 0.2) is 60.7 Å². The predicted molar refractivity (Wildman–Crippen MR) is 161 cm³/mol.